The van der Waals surface area contributed by atoms with E-state index in [-0.39, 0.29) is 6.61 Å². The van der Waals surface area contributed by atoms with Crippen LogP contribution in [0.3, 0.4) is 0 Å². The predicted molar refractivity (Wildman–Crippen MR) is 44.6 cm³/mol. The van der Waals surface area contributed by atoms with Gasteiger partial charge in [-0.3, -0.25) is 5.26 Å². The fraction of sp³-hybridized carbons (Fsp3) is 0.333. The largest absolute Gasteiger partial charge is 0.393 e. The third-order valence-electron chi connectivity index (χ3n) is 1.89. The van der Waals surface area contributed by atoms with Crippen LogP contribution in [-0.4, -0.2) is 17.0 Å². The van der Waals surface area contributed by atoms with Crippen molar-refractivity contribution in [1.82, 2.24) is 0 Å². The molecule has 0 spiro atoms. The molecule has 66 valence electrons. The maximum absolute atomic E-state index is 8.95. The zero-order valence-electron chi connectivity index (χ0n) is 6.90. The molecule has 0 aromatic heterocycles. The Morgan fingerprint density at radius 2 is 1.92 bits per heavy atom. The van der Waals surface area contributed by atoms with Crippen LogP contribution in [0.15, 0.2) is 30.3 Å². The molecule has 0 amide bonds. The minimum atomic E-state index is -1.01. The molecule has 0 fully saturated rings. The van der Waals surface area contributed by atoms with E-state index in [0.717, 1.165) is 5.56 Å². The molecule has 0 aliphatic carbocycles. The highest BCUT2D eigenvalue weighted by molar-refractivity contribution is 5.21. The van der Waals surface area contributed by atoms with Gasteiger partial charge in [-0.15, -0.1) is 0 Å². The molecule has 0 saturated carbocycles. The fourth-order valence-electron chi connectivity index (χ4n) is 0.964. The Kier molecular flexibility index (Phi) is 2.81. The van der Waals surface area contributed by atoms with Crippen LogP contribution in [0.1, 0.15) is 12.5 Å². The normalized spacial score (nSPS) is 15.6. The molecule has 3 heteroatoms. The average molecular weight is 168 g/mol. The van der Waals surface area contributed by atoms with E-state index in [1.165, 1.54) is 0 Å². The molecule has 2 N–H and O–H groups in total. The van der Waals surface area contributed by atoms with Gasteiger partial charge in [-0.25, -0.2) is 4.89 Å². The summed E-state index contributed by atoms with van der Waals surface area (Å²) in [5.74, 6) is 0. The van der Waals surface area contributed by atoms with Crippen LogP contribution in [0.5, 0.6) is 0 Å². The zero-order chi connectivity index (χ0) is 9.03. The quantitative estimate of drug-likeness (QED) is 0.529. The van der Waals surface area contributed by atoms with Crippen molar-refractivity contribution in [2.24, 2.45) is 0 Å². The molecule has 0 saturated heterocycles. The van der Waals surface area contributed by atoms with Gasteiger partial charge < -0.3 is 5.11 Å². The lowest BCUT2D eigenvalue weighted by Gasteiger charge is -2.23. The summed E-state index contributed by atoms with van der Waals surface area (Å²) in [6.07, 6.45) is 0. The number of hydrogen-bond donors (Lipinski definition) is 2. The molecule has 1 rings (SSSR count). The highest BCUT2D eigenvalue weighted by atomic mass is 17.1. The van der Waals surface area contributed by atoms with E-state index in [0.29, 0.717) is 0 Å². The molecule has 1 atom stereocenters. The van der Waals surface area contributed by atoms with Crippen molar-refractivity contribution in [3.63, 3.8) is 0 Å². The second-order valence-corrected chi connectivity index (χ2v) is 2.85. The number of benzene rings is 1. The van der Waals surface area contributed by atoms with Crippen LogP contribution >= 0.6 is 0 Å². The van der Waals surface area contributed by atoms with E-state index in [4.69, 9.17) is 10.4 Å². The molecule has 1 unspecified atom stereocenters. The van der Waals surface area contributed by atoms with Gasteiger partial charge >= 0.3 is 0 Å². The van der Waals surface area contributed by atoms with Crippen LogP contribution < -0.4 is 0 Å². The van der Waals surface area contributed by atoms with Crippen molar-refractivity contribution in [3.8, 4) is 0 Å². The minimum absolute atomic E-state index is 0.256. The highest BCUT2D eigenvalue weighted by Gasteiger charge is 2.26. The van der Waals surface area contributed by atoms with Gasteiger partial charge in [0.1, 0.15) is 5.60 Å². The molecule has 1 aromatic rings. The van der Waals surface area contributed by atoms with Crippen molar-refractivity contribution in [2.75, 3.05) is 6.61 Å². The standard InChI is InChI=1S/C9H12O3/c1-9(7-10,12-11)8-5-3-2-4-6-8/h2-6,10-11H,7H2,1H3. The number of rotatable bonds is 3. The number of hydrogen-bond acceptors (Lipinski definition) is 3. The van der Waals surface area contributed by atoms with Crippen LogP contribution in [0, 0.1) is 0 Å². The minimum Gasteiger partial charge on any atom is -0.393 e. The second kappa shape index (κ2) is 3.67. The van der Waals surface area contributed by atoms with E-state index < -0.39 is 5.60 Å². The van der Waals surface area contributed by atoms with Crippen LogP contribution in [-0.2, 0) is 10.5 Å². The summed E-state index contributed by atoms with van der Waals surface area (Å²) < 4.78 is 0. The SMILES string of the molecule is CC(CO)(OO)c1ccccc1. The molecule has 3 nitrogen and oxygen atoms in total. The van der Waals surface area contributed by atoms with Gasteiger partial charge in [0.15, 0.2) is 0 Å². The van der Waals surface area contributed by atoms with Gasteiger partial charge in [-0.05, 0) is 12.5 Å². The Morgan fingerprint density at radius 1 is 1.33 bits per heavy atom. The predicted octanol–water partition coefficient (Wildman–Crippen LogP) is 1.38. The van der Waals surface area contributed by atoms with Crippen LogP contribution in [0.25, 0.3) is 0 Å². The molecular weight excluding hydrogens is 156 g/mol. The van der Waals surface area contributed by atoms with Gasteiger partial charge in [0.05, 0.1) is 6.61 Å². The summed E-state index contributed by atoms with van der Waals surface area (Å²) in [7, 11) is 0. The van der Waals surface area contributed by atoms with Crippen LogP contribution in [0.2, 0.25) is 0 Å². The first-order chi connectivity index (χ1) is 5.73. The molecule has 0 bridgehead atoms. The lowest BCUT2D eigenvalue weighted by atomic mass is 9.97. The first kappa shape index (κ1) is 9.19. The average Bonchev–Trinajstić information content (AvgIpc) is 2.18. The molecule has 12 heavy (non-hydrogen) atoms. The van der Waals surface area contributed by atoms with Gasteiger partial charge in [0.25, 0.3) is 0 Å². The van der Waals surface area contributed by atoms with E-state index >= 15 is 0 Å². The summed E-state index contributed by atoms with van der Waals surface area (Å²) in [5, 5.41) is 17.5. The lowest BCUT2D eigenvalue weighted by Crippen LogP contribution is -2.28. The maximum atomic E-state index is 8.95. The van der Waals surface area contributed by atoms with Crippen molar-refractivity contribution in [1.29, 1.82) is 0 Å². The summed E-state index contributed by atoms with van der Waals surface area (Å²) in [4.78, 5) is 4.22. The molecular formula is C9H12O3. The summed E-state index contributed by atoms with van der Waals surface area (Å²) in [6.45, 7) is 1.36. The van der Waals surface area contributed by atoms with Crippen molar-refractivity contribution < 1.29 is 15.3 Å². The highest BCUT2D eigenvalue weighted by Crippen LogP contribution is 2.22. The maximum Gasteiger partial charge on any atom is 0.148 e. The zero-order valence-corrected chi connectivity index (χ0v) is 6.90. The lowest BCUT2D eigenvalue weighted by molar-refractivity contribution is -0.331. The monoisotopic (exact) mass is 168 g/mol. The molecule has 0 aliphatic rings. The molecule has 0 aliphatic heterocycles. The topological polar surface area (TPSA) is 49.7 Å². The molecule has 0 heterocycles. The van der Waals surface area contributed by atoms with Gasteiger partial charge in [0, 0.05) is 0 Å². The van der Waals surface area contributed by atoms with Crippen molar-refractivity contribution >= 4 is 0 Å². The Bertz CT molecular complexity index is 229. The van der Waals surface area contributed by atoms with Crippen molar-refractivity contribution in [2.45, 2.75) is 12.5 Å². The van der Waals surface area contributed by atoms with Gasteiger partial charge in [0.2, 0.25) is 0 Å². The second-order valence-electron chi connectivity index (χ2n) is 2.85. The number of aliphatic hydroxyl groups is 1. The smallest absolute Gasteiger partial charge is 0.148 e. The first-order valence-electron chi connectivity index (χ1n) is 3.72. The Hall–Kier alpha value is -0.900. The third kappa shape index (κ3) is 1.64. The number of aliphatic hydroxyl groups excluding tert-OH is 1. The van der Waals surface area contributed by atoms with Crippen LogP contribution in [0.4, 0.5) is 0 Å². The van der Waals surface area contributed by atoms with Gasteiger partial charge in [-0.1, -0.05) is 30.3 Å². The van der Waals surface area contributed by atoms with E-state index in [1.54, 1.807) is 19.1 Å². The van der Waals surface area contributed by atoms with E-state index in [1.807, 2.05) is 18.2 Å². The Labute approximate surface area is 71.2 Å². The van der Waals surface area contributed by atoms with Crippen molar-refractivity contribution in [3.05, 3.63) is 35.9 Å². The van der Waals surface area contributed by atoms with E-state index in [9.17, 15) is 0 Å². The summed E-state index contributed by atoms with van der Waals surface area (Å²) >= 11 is 0. The van der Waals surface area contributed by atoms with Gasteiger partial charge in [-0.2, -0.15) is 0 Å². The Balaban J connectivity index is 2.95. The molecule has 1 aromatic carbocycles. The Morgan fingerprint density at radius 3 is 2.33 bits per heavy atom. The summed E-state index contributed by atoms with van der Waals surface area (Å²) in [5.41, 5.74) is -0.267. The third-order valence-corrected chi connectivity index (χ3v) is 1.89. The molecule has 0 radical (unpaired) electrons. The first-order valence-corrected chi connectivity index (χ1v) is 3.72. The van der Waals surface area contributed by atoms with E-state index in [2.05, 4.69) is 4.89 Å². The summed E-state index contributed by atoms with van der Waals surface area (Å²) in [6, 6.07) is 9.07. The fourth-order valence-corrected chi connectivity index (χ4v) is 0.964.